The quantitative estimate of drug-likeness (QED) is 0.898. The molecule has 2 aromatic rings. The maximum atomic E-state index is 5.91. The molecule has 0 bridgehead atoms. The Morgan fingerprint density at radius 2 is 1.95 bits per heavy atom. The Labute approximate surface area is 113 Å². The maximum Gasteiger partial charge on any atom is 0.145 e. The highest BCUT2D eigenvalue weighted by molar-refractivity contribution is 5.62. The minimum atomic E-state index is -0.133. The van der Waals surface area contributed by atoms with Gasteiger partial charge < -0.3 is 10.5 Å². The van der Waals surface area contributed by atoms with E-state index in [0.29, 0.717) is 5.82 Å². The van der Waals surface area contributed by atoms with E-state index in [2.05, 4.69) is 30.7 Å². The van der Waals surface area contributed by atoms with E-state index in [1.54, 1.807) is 13.3 Å². The highest BCUT2D eigenvalue weighted by Crippen LogP contribution is 2.28. The SMILES string of the molecule is COc1cccc(-c2cnc(N)c(C(C)(C)C)n2)c1. The summed E-state index contributed by atoms with van der Waals surface area (Å²) >= 11 is 0. The second-order valence-electron chi connectivity index (χ2n) is 5.47. The van der Waals surface area contributed by atoms with Crippen molar-refractivity contribution < 1.29 is 4.74 Å². The average molecular weight is 257 g/mol. The van der Waals surface area contributed by atoms with E-state index in [1.807, 2.05) is 24.3 Å². The summed E-state index contributed by atoms with van der Waals surface area (Å²) in [5.41, 5.74) is 8.36. The molecule has 0 fully saturated rings. The third-order valence-corrected chi connectivity index (χ3v) is 2.88. The van der Waals surface area contributed by atoms with Crippen molar-refractivity contribution in [2.45, 2.75) is 26.2 Å². The van der Waals surface area contributed by atoms with Crippen LogP contribution in [0.1, 0.15) is 26.5 Å². The third-order valence-electron chi connectivity index (χ3n) is 2.88. The van der Waals surface area contributed by atoms with Gasteiger partial charge in [0.15, 0.2) is 0 Å². The molecule has 0 atom stereocenters. The van der Waals surface area contributed by atoms with E-state index >= 15 is 0 Å². The molecule has 0 spiro atoms. The summed E-state index contributed by atoms with van der Waals surface area (Å²) in [7, 11) is 1.65. The third kappa shape index (κ3) is 2.84. The smallest absolute Gasteiger partial charge is 0.145 e. The predicted molar refractivity (Wildman–Crippen MR) is 77.1 cm³/mol. The molecule has 0 aliphatic carbocycles. The molecule has 4 heteroatoms. The van der Waals surface area contributed by atoms with Gasteiger partial charge in [0.05, 0.1) is 24.7 Å². The number of anilines is 1. The molecule has 0 saturated carbocycles. The van der Waals surface area contributed by atoms with Gasteiger partial charge in [-0.05, 0) is 12.1 Å². The lowest BCUT2D eigenvalue weighted by Gasteiger charge is -2.19. The van der Waals surface area contributed by atoms with Crippen molar-refractivity contribution in [3.63, 3.8) is 0 Å². The first-order valence-electron chi connectivity index (χ1n) is 6.19. The number of nitrogens with two attached hydrogens (primary N) is 1. The van der Waals surface area contributed by atoms with Crippen LogP contribution in [0.15, 0.2) is 30.5 Å². The van der Waals surface area contributed by atoms with Crippen molar-refractivity contribution >= 4 is 5.82 Å². The van der Waals surface area contributed by atoms with Crippen LogP contribution < -0.4 is 10.5 Å². The zero-order valence-electron chi connectivity index (χ0n) is 11.8. The lowest BCUT2D eigenvalue weighted by atomic mass is 9.91. The van der Waals surface area contributed by atoms with E-state index < -0.39 is 0 Å². The fraction of sp³-hybridized carbons (Fsp3) is 0.333. The molecule has 1 aromatic heterocycles. The lowest BCUT2D eigenvalue weighted by Crippen LogP contribution is -2.17. The van der Waals surface area contributed by atoms with Gasteiger partial charge in [-0.1, -0.05) is 32.9 Å². The first-order valence-corrected chi connectivity index (χ1v) is 6.19. The first kappa shape index (κ1) is 13.3. The van der Waals surface area contributed by atoms with Crippen LogP contribution >= 0.6 is 0 Å². The fourth-order valence-corrected chi connectivity index (χ4v) is 1.87. The monoisotopic (exact) mass is 257 g/mol. The minimum Gasteiger partial charge on any atom is -0.497 e. The average Bonchev–Trinajstić information content (AvgIpc) is 2.38. The standard InChI is InChI=1S/C15H19N3O/c1-15(2,3)13-14(16)17-9-12(18-13)10-6-5-7-11(8-10)19-4/h5-9H,1-4H3,(H2,16,17). The van der Waals surface area contributed by atoms with E-state index in [4.69, 9.17) is 10.5 Å². The lowest BCUT2D eigenvalue weighted by molar-refractivity contribution is 0.415. The van der Waals surface area contributed by atoms with Gasteiger partial charge in [0, 0.05) is 11.0 Å². The Hall–Kier alpha value is -2.10. The van der Waals surface area contributed by atoms with Crippen molar-refractivity contribution in [3.8, 4) is 17.0 Å². The second-order valence-corrected chi connectivity index (χ2v) is 5.47. The zero-order valence-corrected chi connectivity index (χ0v) is 11.8. The normalized spacial score (nSPS) is 11.4. The molecule has 1 aromatic carbocycles. The molecular weight excluding hydrogens is 238 g/mol. The molecule has 2 N–H and O–H groups in total. The van der Waals surface area contributed by atoms with E-state index in [0.717, 1.165) is 22.7 Å². The van der Waals surface area contributed by atoms with Gasteiger partial charge >= 0.3 is 0 Å². The molecule has 1 heterocycles. The van der Waals surface area contributed by atoms with Gasteiger partial charge in [0.1, 0.15) is 11.6 Å². The summed E-state index contributed by atoms with van der Waals surface area (Å²) in [5, 5.41) is 0. The summed E-state index contributed by atoms with van der Waals surface area (Å²) in [4.78, 5) is 8.90. The van der Waals surface area contributed by atoms with Crippen LogP contribution in [0.3, 0.4) is 0 Å². The highest BCUT2D eigenvalue weighted by atomic mass is 16.5. The molecule has 4 nitrogen and oxygen atoms in total. The van der Waals surface area contributed by atoms with Gasteiger partial charge in [-0.25, -0.2) is 9.97 Å². The molecule has 0 aliphatic rings. The van der Waals surface area contributed by atoms with Crippen LogP contribution in [0.2, 0.25) is 0 Å². The number of ether oxygens (including phenoxy) is 1. The Morgan fingerprint density at radius 1 is 1.21 bits per heavy atom. The summed E-state index contributed by atoms with van der Waals surface area (Å²) in [6, 6.07) is 7.75. The highest BCUT2D eigenvalue weighted by Gasteiger charge is 2.20. The number of methoxy groups -OCH3 is 1. The molecule has 0 radical (unpaired) electrons. The Bertz CT molecular complexity index is 588. The van der Waals surface area contributed by atoms with E-state index in [9.17, 15) is 0 Å². The van der Waals surface area contributed by atoms with Crippen LogP contribution in [0.25, 0.3) is 11.3 Å². The van der Waals surface area contributed by atoms with Crippen LogP contribution in [0, 0.1) is 0 Å². The van der Waals surface area contributed by atoms with Crippen molar-refractivity contribution in [3.05, 3.63) is 36.2 Å². The van der Waals surface area contributed by atoms with Crippen molar-refractivity contribution in [2.24, 2.45) is 0 Å². The number of benzene rings is 1. The van der Waals surface area contributed by atoms with Crippen LogP contribution in [-0.2, 0) is 5.41 Å². The van der Waals surface area contributed by atoms with Crippen molar-refractivity contribution in [1.29, 1.82) is 0 Å². The largest absolute Gasteiger partial charge is 0.497 e. The van der Waals surface area contributed by atoms with Gasteiger partial charge in [0.25, 0.3) is 0 Å². The first-order chi connectivity index (χ1) is 8.91. The predicted octanol–water partition coefficient (Wildman–Crippen LogP) is 3.03. The van der Waals surface area contributed by atoms with Gasteiger partial charge in [-0.15, -0.1) is 0 Å². The van der Waals surface area contributed by atoms with Crippen molar-refractivity contribution in [2.75, 3.05) is 12.8 Å². The molecule has 0 saturated heterocycles. The van der Waals surface area contributed by atoms with Crippen LogP contribution in [0.5, 0.6) is 5.75 Å². The number of rotatable bonds is 2. The maximum absolute atomic E-state index is 5.91. The van der Waals surface area contributed by atoms with Gasteiger partial charge in [0.2, 0.25) is 0 Å². The Morgan fingerprint density at radius 3 is 2.58 bits per heavy atom. The number of aromatic nitrogens is 2. The Kier molecular flexibility index (Phi) is 3.42. The number of nitrogens with zero attached hydrogens (tertiary/aromatic N) is 2. The fourth-order valence-electron chi connectivity index (χ4n) is 1.87. The van der Waals surface area contributed by atoms with Gasteiger partial charge in [-0.3, -0.25) is 0 Å². The molecule has 0 aliphatic heterocycles. The number of hydrogen-bond acceptors (Lipinski definition) is 4. The number of nitrogen functional groups attached to an aromatic ring is 1. The molecule has 2 rings (SSSR count). The minimum absolute atomic E-state index is 0.133. The summed E-state index contributed by atoms with van der Waals surface area (Å²) in [6.45, 7) is 6.22. The summed E-state index contributed by atoms with van der Waals surface area (Å²) in [6.07, 6.45) is 1.69. The molecular formula is C15H19N3O. The van der Waals surface area contributed by atoms with Crippen LogP contribution in [-0.4, -0.2) is 17.1 Å². The molecule has 19 heavy (non-hydrogen) atoms. The topological polar surface area (TPSA) is 61.0 Å². The molecule has 0 unspecified atom stereocenters. The van der Waals surface area contributed by atoms with Crippen LogP contribution in [0.4, 0.5) is 5.82 Å². The van der Waals surface area contributed by atoms with E-state index in [1.165, 1.54) is 0 Å². The van der Waals surface area contributed by atoms with Crippen molar-refractivity contribution in [1.82, 2.24) is 9.97 Å². The molecule has 100 valence electrons. The summed E-state index contributed by atoms with van der Waals surface area (Å²) < 4.78 is 5.22. The van der Waals surface area contributed by atoms with E-state index in [-0.39, 0.29) is 5.41 Å². The van der Waals surface area contributed by atoms with Gasteiger partial charge in [-0.2, -0.15) is 0 Å². The Balaban J connectivity index is 2.51. The molecule has 0 amide bonds. The zero-order chi connectivity index (χ0) is 14.0. The summed E-state index contributed by atoms with van der Waals surface area (Å²) in [5.74, 6) is 1.28. The second kappa shape index (κ2) is 4.88. The number of hydrogen-bond donors (Lipinski definition) is 1.